The van der Waals surface area contributed by atoms with E-state index < -0.39 is 12.0 Å². The van der Waals surface area contributed by atoms with Crippen molar-refractivity contribution in [2.75, 3.05) is 18.6 Å². The van der Waals surface area contributed by atoms with Crippen LogP contribution in [-0.2, 0) is 4.74 Å². The maximum atomic E-state index is 11.5. The number of nitrogens with two attached hydrogens (primary N) is 1. The lowest BCUT2D eigenvalue weighted by Crippen LogP contribution is -2.29. The molecule has 0 spiro atoms. The third-order valence-corrected chi connectivity index (χ3v) is 2.07. The van der Waals surface area contributed by atoms with Gasteiger partial charge in [-0.3, -0.25) is 9.69 Å². The standard InChI is InChI=1S/C11H14N2O3/c1-3-16-11(15)13(2)9-7-5-4-6-8(9)10(12)14/h4-7H,3H2,1-2H3,(H2,12,14). The Kier molecular flexibility index (Phi) is 3.88. The van der Waals surface area contributed by atoms with E-state index >= 15 is 0 Å². The number of carbonyl (C=O) groups is 2. The summed E-state index contributed by atoms with van der Waals surface area (Å²) >= 11 is 0. The molecule has 16 heavy (non-hydrogen) atoms. The Morgan fingerprint density at radius 3 is 2.56 bits per heavy atom. The molecule has 2 N–H and O–H groups in total. The first-order chi connectivity index (χ1) is 7.57. The van der Waals surface area contributed by atoms with Crippen molar-refractivity contribution in [2.45, 2.75) is 6.92 Å². The van der Waals surface area contributed by atoms with Gasteiger partial charge in [0.2, 0.25) is 0 Å². The fraction of sp³-hybridized carbons (Fsp3) is 0.273. The number of primary amides is 1. The van der Waals surface area contributed by atoms with Crippen LogP contribution in [0.5, 0.6) is 0 Å². The molecule has 0 aromatic heterocycles. The molecule has 0 bridgehead atoms. The average molecular weight is 222 g/mol. The van der Waals surface area contributed by atoms with Crippen LogP contribution < -0.4 is 10.6 Å². The Morgan fingerprint density at radius 1 is 1.38 bits per heavy atom. The molecule has 0 aliphatic carbocycles. The number of hydrogen-bond acceptors (Lipinski definition) is 3. The lowest BCUT2D eigenvalue weighted by molar-refractivity contribution is 0.100. The molecule has 2 amide bonds. The van der Waals surface area contributed by atoms with Gasteiger partial charge in [-0.05, 0) is 19.1 Å². The van der Waals surface area contributed by atoms with Crippen LogP contribution in [0.1, 0.15) is 17.3 Å². The van der Waals surface area contributed by atoms with Crippen molar-refractivity contribution >= 4 is 17.7 Å². The van der Waals surface area contributed by atoms with Gasteiger partial charge in [-0.25, -0.2) is 4.79 Å². The summed E-state index contributed by atoms with van der Waals surface area (Å²) in [5.74, 6) is -0.577. The molecule has 5 heteroatoms. The molecule has 1 aromatic carbocycles. The Morgan fingerprint density at radius 2 is 2.00 bits per heavy atom. The molecule has 5 nitrogen and oxygen atoms in total. The molecule has 0 heterocycles. The van der Waals surface area contributed by atoms with Gasteiger partial charge in [0.15, 0.2) is 0 Å². The summed E-state index contributed by atoms with van der Waals surface area (Å²) in [7, 11) is 1.53. The molecule has 0 atom stereocenters. The third-order valence-electron chi connectivity index (χ3n) is 2.07. The summed E-state index contributed by atoms with van der Waals surface area (Å²) in [6.07, 6.45) is -0.517. The summed E-state index contributed by atoms with van der Waals surface area (Å²) in [6.45, 7) is 1.99. The van der Waals surface area contributed by atoms with Crippen molar-refractivity contribution in [3.8, 4) is 0 Å². The number of carbonyl (C=O) groups excluding carboxylic acids is 2. The highest BCUT2D eigenvalue weighted by molar-refractivity contribution is 6.02. The molecular weight excluding hydrogens is 208 g/mol. The lowest BCUT2D eigenvalue weighted by atomic mass is 10.1. The summed E-state index contributed by atoms with van der Waals surface area (Å²) in [6, 6.07) is 6.60. The molecule has 0 saturated heterocycles. The van der Waals surface area contributed by atoms with Crippen molar-refractivity contribution in [1.29, 1.82) is 0 Å². The van der Waals surface area contributed by atoms with Crippen molar-refractivity contribution in [3.63, 3.8) is 0 Å². The zero-order chi connectivity index (χ0) is 12.1. The van der Waals surface area contributed by atoms with E-state index in [1.54, 1.807) is 31.2 Å². The van der Waals surface area contributed by atoms with Crippen LogP contribution in [0.15, 0.2) is 24.3 Å². The summed E-state index contributed by atoms with van der Waals surface area (Å²) in [5.41, 5.74) is 5.94. The fourth-order valence-corrected chi connectivity index (χ4v) is 1.29. The highest BCUT2D eigenvalue weighted by Gasteiger charge is 2.17. The number of amides is 2. The minimum Gasteiger partial charge on any atom is -0.449 e. The van der Waals surface area contributed by atoms with Crippen molar-refractivity contribution in [1.82, 2.24) is 0 Å². The van der Waals surface area contributed by atoms with Gasteiger partial charge in [0, 0.05) is 7.05 Å². The van der Waals surface area contributed by atoms with Crippen LogP contribution in [0.25, 0.3) is 0 Å². The number of anilines is 1. The van der Waals surface area contributed by atoms with E-state index in [-0.39, 0.29) is 12.2 Å². The molecule has 0 aliphatic rings. The van der Waals surface area contributed by atoms with Crippen LogP contribution in [0.3, 0.4) is 0 Å². The predicted molar refractivity (Wildman–Crippen MR) is 60.4 cm³/mol. The summed E-state index contributed by atoms with van der Waals surface area (Å²) in [5, 5.41) is 0. The Bertz CT molecular complexity index is 404. The number of para-hydroxylation sites is 1. The zero-order valence-corrected chi connectivity index (χ0v) is 9.27. The monoisotopic (exact) mass is 222 g/mol. The number of nitrogens with zero attached hydrogens (tertiary/aromatic N) is 1. The van der Waals surface area contributed by atoms with Crippen LogP contribution in [-0.4, -0.2) is 25.7 Å². The highest BCUT2D eigenvalue weighted by Crippen LogP contribution is 2.19. The fourth-order valence-electron chi connectivity index (χ4n) is 1.29. The minimum absolute atomic E-state index is 0.280. The number of ether oxygens (including phenoxy) is 1. The molecule has 0 unspecified atom stereocenters. The van der Waals surface area contributed by atoms with Crippen LogP contribution >= 0.6 is 0 Å². The predicted octanol–water partition coefficient (Wildman–Crippen LogP) is 1.38. The molecule has 1 rings (SSSR count). The Hall–Kier alpha value is -2.04. The molecule has 0 fully saturated rings. The average Bonchev–Trinajstić information content (AvgIpc) is 2.28. The second-order valence-corrected chi connectivity index (χ2v) is 3.14. The van der Waals surface area contributed by atoms with Gasteiger partial charge in [-0.2, -0.15) is 0 Å². The van der Waals surface area contributed by atoms with Crippen molar-refractivity contribution < 1.29 is 14.3 Å². The third kappa shape index (κ3) is 2.50. The smallest absolute Gasteiger partial charge is 0.414 e. The van der Waals surface area contributed by atoms with Gasteiger partial charge >= 0.3 is 6.09 Å². The maximum absolute atomic E-state index is 11.5. The van der Waals surface area contributed by atoms with Gasteiger partial charge in [-0.1, -0.05) is 12.1 Å². The van der Waals surface area contributed by atoms with E-state index in [4.69, 9.17) is 10.5 Å². The minimum atomic E-state index is -0.577. The summed E-state index contributed by atoms with van der Waals surface area (Å²) < 4.78 is 4.83. The SMILES string of the molecule is CCOC(=O)N(C)c1ccccc1C(N)=O. The Labute approximate surface area is 93.8 Å². The van der Waals surface area contributed by atoms with E-state index in [9.17, 15) is 9.59 Å². The van der Waals surface area contributed by atoms with Crippen molar-refractivity contribution in [3.05, 3.63) is 29.8 Å². The highest BCUT2D eigenvalue weighted by atomic mass is 16.6. The van der Waals surface area contributed by atoms with E-state index in [1.807, 2.05) is 0 Å². The second kappa shape index (κ2) is 5.16. The first-order valence-corrected chi connectivity index (χ1v) is 4.87. The molecule has 1 aromatic rings. The van der Waals surface area contributed by atoms with E-state index in [2.05, 4.69) is 0 Å². The van der Waals surface area contributed by atoms with Gasteiger partial charge in [-0.15, -0.1) is 0 Å². The second-order valence-electron chi connectivity index (χ2n) is 3.14. The topological polar surface area (TPSA) is 72.6 Å². The number of rotatable bonds is 3. The molecule has 86 valence electrons. The van der Waals surface area contributed by atoms with Gasteiger partial charge in [0.25, 0.3) is 5.91 Å². The summed E-state index contributed by atoms with van der Waals surface area (Å²) in [4.78, 5) is 23.9. The molecule has 0 radical (unpaired) electrons. The van der Waals surface area contributed by atoms with Gasteiger partial charge < -0.3 is 10.5 Å². The van der Waals surface area contributed by atoms with E-state index in [1.165, 1.54) is 11.9 Å². The molecule has 0 saturated carbocycles. The van der Waals surface area contributed by atoms with Crippen LogP contribution in [0.2, 0.25) is 0 Å². The lowest BCUT2D eigenvalue weighted by Gasteiger charge is -2.18. The maximum Gasteiger partial charge on any atom is 0.414 e. The number of benzene rings is 1. The van der Waals surface area contributed by atoms with Gasteiger partial charge in [0.1, 0.15) is 0 Å². The first kappa shape index (κ1) is 12.0. The first-order valence-electron chi connectivity index (χ1n) is 4.87. The van der Waals surface area contributed by atoms with E-state index in [0.717, 1.165) is 0 Å². The van der Waals surface area contributed by atoms with Crippen LogP contribution in [0.4, 0.5) is 10.5 Å². The van der Waals surface area contributed by atoms with Gasteiger partial charge in [0.05, 0.1) is 17.9 Å². The number of hydrogen-bond donors (Lipinski definition) is 1. The molecule has 0 aliphatic heterocycles. The van der Waals surface area contributed by atoms with Crippen molar-refractivity contribution in [2.24, 2.45) is 5.73 Å². The Balaban J connectivity index is 3.03. The zero-order valence-electron chi connectivity index (χ0n) is 9.27. The van der Waals surface area contributed by atoms with E-state index in [0.29, 0.717) is 5.69 Å². The van der Waals surface area contributed by atoms with Crippen LogP contribution in [0, 0.1) is 0 Å². The quantitative estimate of drug-likeness (QED) is 0.839. The molecular formula is C11H14N2O3. The largest absolute Gasteiger partial charge is 0.449 e. The normalized spacial score (nSPS) is 9.62.